The Balaban J connectivity index is 2.42. The Labute approximate surface area is 85.5 Å². The summed E-state index contributed by atoms with van der Waals surface area (Å²) in [6, 6.07) is 0. The average Bonchev–Trinajstić information content (AvgIpc) is 2.17. The maximum atomic E-state index is 11.8. The summed E-state index contributed by atoms with van der Waals surface area (Å²) in [7, 11) is 0. The predicted molar refractivity (Wildman–Crippen MR) is 54.9 cm³/mol. The number of rotatable bonds is 3. The lowest BCUT2D eigenvalue weighted by atomic mass is 10.0. The van der Waals surface area contributed by atoms with E-state index in [1.54, 1.807) is 6.92 Å². The van der Waals surface area contributed by atoms with Crippen LogP contribution in [0.5, 0.6) is 0 Å². The molecule has 1 fully saturated rings. The zero-order chi connectivity index (χ0) is 10.6. The van der Waals surface area contributed by atoms with Crippen molar-refractivity contribution in [1.29, 1.82) is 0 Å². The van der Waals surface area contributed by atoms with Crippen molar-refractivity contribution in [3.8, 4) is 0 Å². The summed E-state index contributed by atoms with van der Waals surface area (Å²) >= 11 is 0. The summed E-state index contributed by atoms with van der Waals surface area (Å²) in [4.78, 5) is 24.6. The highest BCUT2D eigenvalue weighted by Gasteiger charge is 2.22. The summed E-state index contributed by atoms with van der Waals surface area (Å²) in [6.45, 7) is 5.14. The molecule has 1 atom stereocenters. The standard InChI is InChI=1S/C11H19NO2/c1-9(8-10(2)13)11(14)12-6-4-3-5-7-12/h9H,3-8H2,1-2H3/t9-/m0/s1. The molecule has 0 bridgehead atoms. The van der Waals surface area contributed by atoms with Crippen LogP contribution >= 0.6 is 0 Å². The van der Waals surface area contributed by atoms with E-state index in [-0.39, 0.29) is 17.6 Å². The highest BCUT2D eigenvalue weighted by atomic mass is 16.2. The number of nitrogens with zero attached hydrogens (tertiary/aromatic N) is 1. The van der Waals surface area contributed by atoms with Gasteiger partial charge in [-0.1, -0.05) is 6.92 Å². The SMILES string of the molecule is CC(=O)C[C@H](C)C(=O)N1CCCCC1. The molecule has 1 amide bonds. The van der Waals surface area contributed by atoms with E-state index in [1.807, 2.05) is 11.8 Å². The lowest BCUT2D eigenvalue weighted by molar-refractivity contribution is -0.137. The highest BCUT2D eigenvalue weighted by Crippen LogP contribution is 2.14. The van der Waals surface area contributed by atoms with Gasteiger partial charge in [-0.05, 0) is 26.2 Å². The fourth-order valence-electron chi connectivity index (χ4n) is 1.94. The number of hydrogen-bond donors (Lipinski definition) is 0. The second kappa shape index (κ2) is 5.13. The summed E-state index contributed by atoms with van der Waals surface area (Å²) in [6.07, 6.45) is 3.83. The van der Waals surface area contributed by atoms with Crippen LogP contribution < -0.4 is 0 Å². The molecule has 0 spiro atoms. The van der Waals surface area contributed by atoms with Crippen LogP contribution in [-0.4, -0.2) is 29.7 Å². The van der Waals surface area contributed by atoms with Gasteiger partial charge in [0.15, 0.2) is 0 Å². The lowest BCUT2D eigenvalue weighted by Gasteiger charge is -2.28. The molecule has 0 aliphatic carbocycles. The Bertz CT molecular complexity index is 219. The van der Waals surface area contributed by atoms with Gasteiger partial charge in [0.2, 0.25) is 5.91 Å². The van der Waals surface area contributed by atoms with Crippen LogP contribution in [0.4, 0.5) is 0 Å². The van der Waals surface area contributed by atoms with Gasteiger partial charge in [0.05, 0.1) is 0 Å². The number of piperidine rings is 1. The van der Waals surface area contributed by atoms with Gasteiger partial charge in [0.1, 0.15) is 5.78 Å². The van der Waals surface area contributed by atoms with Gasteiger partial charge >= 0.3 is 0 Å². The van der Waals surface area contributed by atoms with Crippen molar-refractivity contribution in [3.05, 3.63) is 0 Å². The van der Waals surface area contributed by atoms with Crippen molar-refractivity contribution in [2.24, 2.45) is 5.92 Å². The molecular weight excluding hydrogens is 178 g/mol. The third-order valence-electron chi connectivity index (χ3n) is 2.68. The van der Waals surface area contributed by atoms with Crippen molar-refractivity contribution in [1.82, 2.24) is 4.90 Å². The second-order valence-electron chi connectivity index (χ2n) is 4.19. The second-order valence-corrected chi connectivity index (χ2v) is 4.19. The Morgan fingerprint density at radius 1 is 1.21 bits per heavy atom. The molecule has 0 aromatic carbocycles. The van der Waals surface area contributed by atoms with Crippen LogP contribution in [0.15, 0.2) is 0 Å². The molecule has 0 N–H and O–H groups in total. The molecule has 1 saturated heterocycles. The van der Waals surface area contributed by atoms with E-state index < -0.39 is 0 Å². The molecule has 0 radical (unpaired) electrons. The molecule has 14 heavy (non-hydrogen) atoms. The molecule has 0 saturated carbocycles. The summed E-state index contributed by atoms with van der Waals surface area (Å²) in [5.41, 5.74) is 0. The third kappa shape index (κ3) is 3.13. The minimum atomic E-state index is -0.134. The molecule has 0 unspecified atom stereocenters. The van der Waals surface area contributed by atoms with Gasteiger partial charge in [0.25, 0.3) is 0 Å². The predicted octanol–water partition coefficient (Wildman–Crippen LogP) is 1.61. The van der Waals surface area contributed by atoms with Gasteiger partial charge in [-0.25, -0.2) is 0 Å². The molecule has 0 aromatic heterocycles. The monoisotopic (exact) mass is 197 g/mol. The van der Waals surface area contributed by atoms with E-state index >= 15 is 0 Å². The zero-order valence-electron chi connectivity index (χ0n) is 9.08. The smallest absolute Gasteiger partial charge is 0.225 e. The molecule has 3 heteroatoms. The molecule has 3 nitrogen and oxygen atoms in total. The normalized spacial score (nSPS) is 19.1. The van der Waals surface area contributed by atoms with Gasteiger partial charge in [0, 0.05) is 25.4 Å². The molecule has 80 valence electrons. The highest BCUT2D eigenvalue weighted by molar-refractivity contribution is 5.85. The fourth-order valence-corrected chi connectivity index (χ4v) is 1.94. The zero-order valence-corrected chi connectivity index (χ0v) is 9.08. The van der Waals surface area contributed by atoms with Gasteiger partial charge in [-0.3, -0.25) is 4.79 Å². The first-order chi connectivity index (χ1) is 6.61. The minimum Gasteiger partial charge on any atom is -0.342 e. The molecule has 1 aliphatic heterocycles. The van der Waals surface area contributed by atoms with Crippen molar-refractivity contribution < 1.29 is 9.59 Å². The number of hydrogen-bond acceptors (Lipinski definition) is 2. The molecule has 1 rings (SSSR count). The Morgan fingerprint density at radius 3 is 2.29 bits per heavy atom. The number of ketones is 1. The van der Waals surface area contributed by atoms with Crippen LogP contribution in [0.25, 0.3) is 0 Å². The number of likely N-dealkylation sites (tertiary alicyclic amines) is 1. The summed E-state index contributed by atoms with van der Waals surface area (Å²) < 4.78 is 0. The van der Waals surface area contributed by atoms with E-state index in [4.69, 9.17) is 0 Å². The van der Waals surface area contributed by atoms with Gasteiger partial charge in [-0.15, -0.1) is 0 Å². The lowest BCUT2D eigenvalue weighted by Crippen LogP contribution is -2.39. The first-order valence-corrected chi connectivity index (χ1v) is 5.39. The van der Waals surface area contributed by atoms with E-state index in [9.17, 15) is 9.59 Å². The van der Waals surface area contributed by atoms with Crippen molar-refractivity contribution >= 4 is 11.7 Å². The minimum absolute atomic E-state index is 0.0999. The number of amides is 1. The van der Waals surface area contributed by atoms with Gasteiger partial charge < -0.3 is 9.69 Å². The number of carbonyl (C=O) groups excluding carboxylic acids is 2. The van der Waals surface area contributed by atoms with Crippen LogP contribution in [0.2, 0.25) is 0 Å². The maximum Gasteiger partial charge on any atom is 0.225 e. The Hall–Kier alpha value is -0.860. The van der Waals surface area contributed by atoms with Crippen LogP contribution in [0.3, 0.4) is 0 Å². The van der Waals surface area contributed by atoms with Crippen LogP contribution in [0, 0.1) is 5.92 Å². The van der Waals surface area contributed by atoms with Crippen molar-refractivity contribution in [3.63, 3.8) is 0 Å². The first kappa shape index (κ1) is 11.2. The molecule has 0 aromatic rings. The van der Waals surface area contributed by atoms with Crippen molar-refractivity contribution in [2.45, 2.75) is 39.5 Å². The summed E-state index contributed by atoms with van der Waals surface area (Å²) in [5, 5.41) is 0. The van der Waals surface area contributed by atoms with E-state index in [2.05, 4.69) is 0 Å². The number of Topliss-reactive ketones (excluding diaryl/α,β-unsaturated/α-hetero) is 1. The Morgan fingerprint density at radius 2 is 1.79 bits per heavy atom. The fraction of sp³-hybridized carbons (Fsp3) is 0.818. The molecular formula is C11H19NO2. The van der Waals surface area contributed by atoms with E-state index in [0.29, 0.717) is 6.42 Å². The van der Waals surface area contributed by atoms with E-state index in [0.717, 1.165) is 25.9 Å². The maximum absolute atomic E-state index is 11.8. The number of carbonyl (C=O) groups is 2. The molecule has 1 heterocycles. The van der Waals surface area contributed by atoms with Crippen LogP contribution in [-0.2, 0) is 9.59 Å². The topological polar surface area (TPSA) is 37.4 Å². The molecule has 1 aliphatic rings. The summed E-state index contributed by atoms with van der Waals surface area (Å²) in [5.74, 6) is 0.119. The largest absolute Gasteiger partial charge is 0.342 e. The third-order valence-corrected chi connectivity index (χ3v) is 2.68. The quantitative estimate of drug-likeness (QED) is 0.689. The Kier molecular flexibility index (Phi) is 4.11. The first-order valence-electron chi connectivity index (χ1n) is 5.39. The van der Waals surface area contributed by atoms with Crippen LogP contribution in [0.1, 0.15) is 39.5 Å². The van der Waals surface area contributed by atoms with E-state index in [1.165, 1.54) is 6.42 Å². The van der Waals surface area contributed by atoms with Crippen molar-refractivity contribution in [2.75, 3.05) is 13.1 Å². The van der Waals surface area contributed by atoms with Gasteiger partial charge in [-0.2, -0.15) is 0 Å². The average molecular weight is 197 g/mol.